The SMILES string of the molecule is COc1ccc(NC(=O)C2=C(C)NC(=S)N[C@H]2c2ccccc2C)c(OC)c1. The fraction of sp³-hybridized carbons (Fsp3) is 0.238. The van der Waals surface area contributed by atoms with Crippen molar-refractivity contribution in [3.05, 3.63) is 64.9 Å². The summed E-state index contributed by atoms with van der Waals surface area (Å²) in [6, 6.07) is 12.8. The highest BCUT2D eigenvalue weighted by Crippen LogP contribution is 2.33. The van der Waals surface area contributed by atoms with Crippen LogP contribution in [0.5, 0.6) is 11.5 Å². The van der Waals surface area contributed by atoms with E-state index in [2.05, 4.69) is 16.0 Å². The fourth-order valence-electron chi connectivity index (χ4n) is 3.23. The van der Waals surface area contributed by atoms with Crippen LogP contribution in [-0.4, -0.2) is 25.2 Å². The summed E-state index contributed by atoms with van der Waals surface area (Å²) in [5.41, 5.74) is 3.91. The van der Waals surface area contributed by atoms with Gasteiger partial charge >= 0.3 is 0 Å². The molecule has 1 aliphatic heterocycles. The predicted octanol–water partition coefficient (Wildman–Crippen LogP) is 3.44. The first-order valence-electron chi connectivity index (χ1n) is 8.81. The second-order valence-electron chi connectivity index (χ2n) is 6.45. The van der Waals surface area contributed by atoms with Crippen LogP contribution in [0, 0.1) is 6.92 Å². The molecular weight excluding hydrogens is 374 g/mol. The first-order valence-corrected chi connectivity index (χ1v) is 9.22. The summed E-state index contributed by atoms with van der Waals surface area (Å²) in [6.45, 7) is 3.86. The normalized spacial score (nSPS) is 16.1. The minimum absolute atomic E-state index is 0.239. The summed E-state index contributed by atoms with van der Waals surface area (Å²) < 4.78 is 10.6. The summed E-state index contributed by atoms with van der Waals surface area (Å²) >= 11 is 5.32. The van der Waals surface area contributed by atoms with Gasteiger partial charge in [-0.25, -0.2) is 0 Å². The zero-order chi connectivity index (χ0) is 20.3. The molecular formula is C21H23N3O3S. The Morgan fingerprint density at radius 1 is 1.11 bits per heavy atom. The van der Waals surface area contributed by atoms with Gasteiger partial charge < -0.3 is 25.4 Å². The zero-order valence-corrected chi connectivity index (χ0v) is 17.1. The molecule has 2 aromatic rings. The lowest BCUT2D eigenvalue weighted by Crippen LogP contribution is -2.46. The number of amides is 1. The molecule has 1 heterocycles. The Balaban J connectivity index is 1.97. The highest BCUT2D eigenvalue weighted by molar-refractivity contribution is 7.80. The molecule has 0 aliphatic carbocycles. The largest absolute Gasteiger partial charge is 0.497 e. The summed E-state index contributed by atoms with van der Waals surface area (Å²) in [5.74, 6) is 0.928. The lowest BCUT2D eigenvalue weighted by molar-refractivity contribution is -0.113. The van der Waals surface area contributed by atoms with E-state index in [0.29, 0.717) is 33.6 Å². The Morgan fingerprint density at radius 2 is 1.86 bits per heavy atom. The van der Waals surface area contributed by atoms with E-state index in [4.69, 9.17) is 21.7 Å². The molecule has 0 bridgehead atoms. The number of hydrogen-bond acceptors (Lipinski definition) is 4. The number of thiocarbonyl (C=S) groups is 1. The standard InChI is InChI=1S/C21H23N3O3S/c1-12-7-5-6-8-15(12)19-18(13(2)22-21(28)24-19)20(25)23-16-10-9-14(26-3)11-17(16)27-4/h5-11,19H,1-4H3,(H,23,25)(H2,22,24,28)/t19-/m0/s1. The number of methoxy groups -OCH3 is 2. The van der Waals surface area contributed by atoms with E-state index in [1.165, 1.54) is 0 Å². The number of carbonyl (C=O) groups excluding carboxylic acids is 1. The molecule has 0 saturated heterocycles. The Labute approximate surface area is 169 Å². The van der Waals surface area contributed by atoms with Gasteiger partial charge in [-0.05, 0) is 49.3 Å². The first kappa shape index (κ1) is 19.7. The van der Waals surface area contributed by atoms with Crippen molar-refractivity contribution in [1.29, 1.82) is 0 Å². The molecule has 0 saturated carbocycles. The van der Waals surface area contributed by atoms with Crippen LogP contribution < -0.4 is 25.4 Å². The highest BCUT2D eigenvalue weighted by atomic mass is 32.1. The second kappa shape index (κ2) is 8.31. The van der Waals surface area contributed by atoms with Gasteiger partial charge in [-0.3, -0.25) is 4.79 Å². The molecule has 1 aliphatic rings. The molecule has 0 unspecified atom stereocenters. The number of hydrogen-bond donors (Lipinski definition) is 3. The Hall–Kier alpha value is -3.06. The smallest absolute Gasteiger partial charge is 0.255 e. The van der Waals surface area contributed by atoms with E-state index in [9.17, 15) is 4.79 Å². The first-order chi connectivity index (χ1) is 13.4. The third-order valence-corrected chi connectivity index (χ3v) is 4.89. The molecule has 2 aromatic carbocycles. The molecule has 28 heavy (non-hydrogen) atoms. The van der Waals surface area contributed by atoms with Crippen LogP contribution in [0.2, 0.25) is 0 Å². The van der Waals surface area contributed by atoms with E-state index in [1.54, 1.807) is 32.4 Å². The number of ether oxygens (including phenoxy) is 2. The number of benzene rings is 2. The highest BCUT2D eigenvalue weighted by Gasteiger charge is 2.31. The van der Waals surface area contributed by atoms with E-state index in [1.807, 2.05) is 38.1 Å². The molecule has 7 heteroatoms. The van der Waals surface area contributed by atoms with Crippen LogP contribution in [-0.2, 0) is 4.79 Å². The monoisotopic (exact) mass is 397 g/mol. The fourth-order valence-corrected chi connectivity index (χ4v) is 3.50. The number of nitrogens with one attached hydrogen (secondary N) is 3. The number of allylic oxidation sites excluding steroid dienone is 1. The third-order valence-electron chi connectivity index (χ3n) is 4.67. The molecule has 0 fully saturated rings. The van der Waals surface area contributed by atoms with E-state index >= 15 is 0 Å². The minimum Gasteiger partial charge on any atom is -0.497 e. The van der Waals surface area contributed by atoms with E-state index in [0.717, 1.165) is 11.1 Å². The average molecular weight is 398 g/mol. The van der Waals surface area contributed by atoms with Crippen molar-refractivity contribution in [1.82, 2.24) is 10.6 Å². The van der Waals surface area contributed by atoms with Crippen LogP contribution in [0.3, 0.4) is 0 Å². The Bertz CT molecular complexity index is 956. The van der Waals surface area contributed by atoms with E-state index in [-0.39, 0.29) is 11.9 Å². The minimum atomic E-state index is -0.348. The Kier molecular flexibility index (Phi) is 5.84. The van der Waals surface area contributed by atoms with Gasteiger partial charge in [0, 0.05) is 11.8 Å². The van der Waals surface area contributed by atoms with Crippen molar-refractivity contribution in [3.63, 3.8) is 0 Å². The summed E-state index contributed by atoms with van der Waals surface area (Å²) in [7, 11) is 3.13. The predicted molar refractivity (Wildman–Crippen MR) is 114 cm³/mol. The quantitative estimate of drug-likeness (QED) is 0.672. The number of anilines is 1. The lowest BCUT2D eigenvalue weighted by atomic mass is 9.92. The molecule has 0 radical (unpaired) electrons. The number of carbonyl (C=O) groups is 1. The van der Waals surface area contributed by atoms with Gasteiger partial charge in [0.2, 0.25) is 0 Å². The molecule has 1 atom stereocenters. The van der Waals surface area contributed by atoms with Gasteiger partial charge in [0.05, 0.1) is 31.5 Å². The molecule has 0 spiro atoms. The van der Waals surface area contributed by atoms with Crippen molar-refractivity contribution < 1.29 is 14.3 Å². The molecule has 6 nitrogen and oxygen atoms in total. The van der Waals surface area contributed by atoms with Gasteiger partial charge in [-0.2, -0.15) is 0 Å². The summed E-state index contributed by atoms with van der Waals surface area (Å²) in [5, 5.41) is 9.70. The molecule has 3 rings (SSSR count). The number of rotatable bonds is 5. The molecule has 0 aromatic heterocycles. The van der Waals surface area contributed by atoms with Crippen LogP contribution in [0.15, 0.2) is 53.7 Å². The van der Waals surface area contributed by atoms with Crippen molar-refractivity contribution in [2.75, 3.05) is 19.5 Å². The van der Waals surface area contributed by atoms with Crippen LogP contribution in [0.25, 0.3) is 0 Å². The van der Waals surface area contributed by atoms with Gasteiger partial charge in [-0.1, -0.05) is 24.3 Å². The van der Waals surface area contributed by atoms with Gasteiger partial charge in [0.25, 0.3) is 5.91 Å². The van der Waals surface area contributed by atoms with Crippen LogP contribution >= 0.6 is 12.2 Å². The molecule has 1 amide bonds. The maximum atomic E-state index is 13.2. The lowest BCUT2D eigenvalue weighted by Gasteiger charge is -2.31. The molecule has 3 N–H and O–H groups in total. The van der Waals surface area contributed by atoms with Crippen molar-refractivity contribution in [2.45, 2.75) is 19.9 Å². The van der Waals surface area contributed by atoms with Gasteiger partial charge in [0.1, 0.15) is 11.5 Å². The third kappa shape index (κ3) is 3.94. The van der Waals surface area contributed by atoms with Gasteiger partial charge in [0.15, 0.2) is 5.11 Å². The van der Waals surface area contributed by atoms with Gasteiger partial charge in [-0.15, -0.1) is 0 Å². The van der Waals surface area contributed by atoms with Crippen molar-refractivity contribution in [3.8, 4) is 11.5 Å². The average Bonchev–Trinajstić information content (AvgIpc) is 2.67. The van der Waals surface area contributed by atoms with Crippen molar-refractivity contribution >= 4 is 28.9 Å². The maximum Gasteiger partial charge on any atom is 0.255 e. The van der Waals surface area contributed by atoms with Crippen molar-refractivity contribution in [2.24, 2.45) is 0 Å². The maximum absolute atomic E-state index is 13.2. The van der Waals surface area contributed by atoms with E-state index < -0.39 is 0 Å². The summed E-state index contributed by atoms with van der Waals surface area (Å²) in [4.78, 5) is 13.2. The summed E-state index contributed by atoms with van der Waals surface area (Å²) in [6.07, 6.45) is 0. The molecule has 146 valence electrons. The topological polar surface area (TPSA) is 71.6 Å². The Morgan fingerprint density at radius 3 is 2.54 bits per heavy atom. The number of aryl methyl sites for hydroxylation is 1. The zero-order valence-electron chi connectivity index (χ0n) is 16.3. The van der Waals surface area contributed by atoms with Crippen LogP contribution in [0.4, 0.5) is 5.69 Å². The van der Waals surface area contributed by atoms with Crippen LogP contribution in [0.1, 0.15) is 24.1 Å². The second-order valence-corrected chi connectivity index (χ2v) is 6.86.